The molecule has 269 valence electrons. The van der Waals surface area contributed by atoms with Crippen molar-refractivity contribution in [2.75, 3.05) is 0 Å². The molecule has 0 unspecified atom stereocenters. The van der Waals surface area contributed by atoms with Crippen LogP contribution in [-0.4, -0.2) is 15.9 Å². The summed E-state index contributed by atoms with van der Waals surface area (Å²) in [7, 11) is 0. The van der Waals surface area contributed by atoms with E-state index in [1.54, 1.807) is 0 Å². The fraction of sp³-hybridized carbons (Fsp3) is 0.422. The van der Waals surface area contributed by atoms with E-state index in [2.05, 4.69) is 108 Å². The van der Waals surface area contributed by atoms with Crippen LogP contribution >= 0.6 is 0 Å². The molecule has 0 saturated heterocycles. The average Bonchev–Trinajstić information content (AvgIpc) is 3.51. The minimum atomic E-state index is -0.214. The summed E-state index contributed by atoms with van der Waals surface area (Å²) in [6, 6.07) is 26.9. The molecule has 2 heterocycles. The Kier molecular flexibility index (Phi) is 13.8. The Morgan fingerprint density at radius 1 is 0.900 bits per heavy atom. The summed E-state index contributed by atoms with van der Waals surface area (Å²) in [6.07, 6.45) is 5.89. The molecule has 0 aliphatic heterocycles. The van der Waals surface area contributed by atoms with Crippen LogP contribution in [0, 0.1) is 23.3 Å². The van der Waals surface area contributed by atoms with Gasteiger partial charge in [-0.3, -0.25) is 9.78 Å². The van der Waals surface area contributed by atoms with E-state index in [1.807, 2.05) is 40.0 Å². The van der Waals surface area contributed by atoms with Gasteiger partial charge < -0.3 is 9.52 Å². The number of carbonyl (C=O) groups is 1. The van der Waals surface area contributed by atoms with E-state index in [0.717, 1.165) is 71.0 Å². The fourth-order valence-corrected chi connectivity index (χ4v) is 6.34. The molecule has 0 amide bonds. The summed E-state index contributed by atoms with van der Waals surface area (Å²) in [5.74, 6) is 0.453. The van der Waals surface area contributed by atoms with Gasteiger partial charge in [-0.05, 0) is 72.8 Å². The molecule has 0 saturated carbocycles. The summed E-state index contributed by atoms with van der Waals surface area (Å²) in [6.45, 7) is 21.4. The minimum absolute atomic E-state index is 0. The first-order chi connectivity index (χ1) is 23.6. The monoisotopic (exact) mass is 852 g/mol. The van der Waals surface area contributed by atoms with E-state index in [0.29, 0.717) is 0 Å². The number of ketones is 1. The molecule has 0 aliphatic carbocycles. The van der Waals surface area contributed by atoms with Gasteiger partial charge in [-0.2, -0.15) is 0 Å². The quantitative estimate of drug-likeness (QED) is 0.0864. The summed E-state index contributed by atoms with van der Waals surface area (Å²) >= 11 is 0. The van der Waals surface area contributed by atoms with Crippen molar-refractivity contribution in [3.8, 4) is 22.6 Å². The molecule has 3 aromatic carbocycles. The average molecular weight is 852 g/mol. The number of hydrogen-bond donors (Lipinski definition) is 1. The largest absolute Gasteiger partial charge is 0.512 e. The van der Waals surface area contributed by atoms with E-state index in [1.165, 1.54) is 16.5 Å². The third-order valence-corrected chi connectivity index (χ3v) is 9.20. The smallest absolute Gasteiger partial charge is 0.162 e. The Morgan fingerprint density at radius 3 is 2.18 bits per heavy atom. The topological polar surface area (TPSA) is 63.3 Å². The van der Waals surface area contributed by atoms with Crippen molar-refractivity contribution >= 4 is 27.5 Å². The molecule has 1 N–H and O–H groups in total. The Hall–Kier alpha value is -3.53. The van der Waals surface area contributed by atoms with Gasteiger partial charge >= 0.3 is 0 Å². The van der Waals surface area contributed by atoms with Crippen LogP contribution in [0.2, 0.25) is 0 Å². The molecule has 50 heavy (non-hydrogen) atoms. The number of fused-ring (bicyclic) bond motifs is 2. The predicted molar refractivity (Wildman–Crippen MR) is 207 cm³/mol. The molecule has 5 rings (SSSR count). The number of rotatable bonds is 10. The zero-order valence-electron chi connectivity index (χ0n) is 32.7. The number of pyridine rings is 1. The molecule has 0 bridgehead atoms. The molecule has 0 fully saturated rings. The van der Waals surface area contributed by atoms with Crippen molar-refractivity contribution in [3.05, 3.63) is 102 Å². The van der Waals surface area contributed by atoms with E-state index in [4.69, 9.17) is 10.8 Å². The summed E-state index contributed by atoms with van der Waals surface area (Å²) in [4.78, 5) is 16.6. The minimum Gasteiger partial charge on any atom is -0.512 e. The van der Waals surface area contributed by atoms with Gasteiger partial charge in [-0.1, -0.05) is 111 Å². The SMILES string of the molecule is CC(C)(C)Cc1ccc2oc(-c3ccnc(-c4[c-]c5ccccc5c(C(C)(C)C)c4)c3)cc2c1.[2H]/C(C(=O)C(CC)CC)=C(/O)C(CC)CC.[Ir]. The number of nitrogens with zero attached hydrogens (tertiary/aromatic N) is 1. The fourth-order valence-electron chi connectivity index (χ4n) is 6.34. The number of hydrogen-bond acceptors (Lipinski definition) is 4. The molecule has 5 heteroatoms. The summed E-state index contributed by atoms with van der Waals surface area (Å²) < 4.78 is 14.0. The van der Waals surface area contributed by atoms with Crippen LogP contribution in [0.4, 0.5) is 0 Å². The molecule has 0 aliphatic rings. The number of benzene rings is 3. The Labute approximate surface area is 315 Å². The maximum Gasteiger partial charge on any atom is 0.162 e. The van der Waals surface area contributed by atoms with Crippen molar-refractivity contribution in [3.63, 3.8) is 0 Å². The van der Waals surface area contributed by atoms with Crippen molar-refractivity contribution in [1.82, 2.24) is 4.98 Å². The maximum absolute atomic E-state index is 11.9. The summed E-state index contributed by atoms with van der Waals surface area (Å²) in [5.41, 5.74) is 6.77. The van der Waals surface area contributed by atoms with Gasteiger partial charge in [0.15, 0.2) is 5.78 Å². The first-order valence-corrected chi connectivity index (χ1v) is 18.0. The van der Waals surface area contributed by atoms with Crippen LogP contribution in [0.5, 0.6) is 0 Å². The van der Waals surface area contributed by atoms with E-state index >= 15 is 0 Å². The number of aliphatic hydroxyl groups is 1. The van der Waals surface area contributed by atoms with Gasteiger partial charge in [-0.15, -0.1) is 29.1 Å². The number of aromatic nitrogens is 1. The van der Waals surface area contributed by atoms with Crippen LogP contribution in [0.1, 0.15) is 107 Å². The molecule has 2 aromatic heterocycles. The van der Waals surface area contributed by atoms with Crippen molar-refractivity contribution in [2.24, 2.45) is 17.3 Å². The molecular formula is C45H56IrNO3-. The van der Waals surface area contributed by atoms with Crippen LogP contribution in [0.25, 0.3) is 44.3 Å². The van der Waals surface area contributed by atoms with E-state index in [9.17, 15) is 9.90 Å². The maximum atomic E-state index is 11.9. The van der Waals surface area contributed by atoms with Crippen LogP contribution in [0.15, 0.2) is 89.2 Å². The number of furan rings is 1. The molecule has 5 aromatic rings. The number of allylic oxidation sites excluding steroid dienone is 2. The second kappa shape index (κ2) is 17.6. The van der Waals surface area contributed by atoms with Gasteiger partial charge in [0, 0.05) is 60.8 Å². The normalized spacial score (nSPS) is 12.8. The van der Waals surface area contributed by atoms with Gasteiger partial charge in [0.25, 0.3) is 0 Å². The summed E-state index contributed by atoms with van der Waals surface area (Å²) in [5, 5.41) is 13.4. The molecule has 1 radical (unpaired) electrons. The Morgan fingerprint density at radius 2 is 1.56 bits per heavy atom. The first kappa shape index (κ1) is 39.3. The zero-order chi connectivity index (χ0) is 36.8. The van der Waals surface area contributed by atoms with Crippen LogP contribution in [0.3, 0.4) is 0 Å². The number of carbonyl (C=O) groups excluding carboxylic acids is 1. The molecular weight excluding hydrogens is 795 g/mol. The third-order valence-electron chi connectivity index (χ3n) is 9.20. The Balaban J connectivity index is 0.000000353. The van der Waals surface area contributed by atoms with Gasteiger partial charge in [0.05, 0.1) is 7.13 Å². The molecule has 4 nitrogen and oxygen atoms in total. The standard InChI is InChI=1S/C32H32NO.C13H24O2.Ir/c1-31(2,3)20-21-11-12-29-25(15-21)19-30(34-29)23-13-14-33-28(18-23)24-16-22-9-7-8-10-26(22)27(17-24)32(4,5)6;1-5-10(6-2)12(14)9-13(15)11(7-3)8-4;/h7-15,17-19H,20H2,1-6H3;9-11,14H,5-8H2,1-4H3;/q-1;;/b;12-9-;/i;9D;. The second-order valence-corrected chi connectivity index (χ2v) is 15.4. The number of aliphatic hydroxyl groups excluding tert-OH is 1. The molecule has 0 atom stereocenters. The van der Waals surface area contributed by atoms with E-state index < -0.39 is 0 Å². The van der Waals surface area contributed by atoms with Crippen LogP contribution < -0.4 is 0 Å². The van der Waals surface area contributed by atoms with Gasteiger partial charge in [0.2, 0.25) is 0 Å². The van der Waals surface area contributed by atoms with Crippen LogP contribution in [-0.2, 0) is 36.7 Å². The van der Waals surface area contributed by atoms with Crippen molar-refractivity contribution in [2.45, 2.75) is 107 Å². The molecule has 0 spiro atoms. The Bertz CT molecular complexity index is 1950. The second-order valence-electron chi connectivity index (χ2n) is 15.4. The zero-order valence-corrected chi connectivity index (χ0v) is 34.1. The van der Waals surface area contributed by atoms with Gasteiger partial charge in [0.1, 0.15) is 11.3 Å². The van der Waals surface area contributed by atoms with Crippen molar-refractivity contribution in [1.29, 1.82) is 0 Å². The van der Waals surface area contributed by atoms with Crippen molar-refractivity contribution < 1.29 is 35.8 Å². The van der Waals surface area contributed by atoms with E-state index in [-0.39, 0.29) is 60.4 Å². The predicted octanol–water partition coefficient (Wildman–Crippen LogP) is 12.9. The first-order valence-electron chi connectivity index (χ1n) is 18.5. The third kappa shape index (κ3) is 10.5. The van der Waals surface area contributed by atoms with Gasteiger partial charge in [-0.25, -0.2) is 0 Å².